The number of methoxy groups -OCH3 is 1. The molecular weight excluding hydrogens is 140 g/mol. The molecule has 0 aromatic heterocycles. The van der Waals surface area contributed by atoms with Gasteiger partial charge in [-0.05, 0) is 24.3 Å². The first-order chi connectivity index (χ1) is 5.36. The zero-order valence-electron chi connectivity index (χ0n) is 6.37. The minimum atomic E-state index is 0.833. The van der Waals surface area contributed by atoms with Crippen LogP contribution in [0, 0.1) is 0 Å². The fourth-order valence-electron chi connectivity index (χ4n) is 0.757. The van der Waals surface area contributed by atoms with E-state index in [4.69, 9.17) is 4.74 Å². The molecule has 1 N–H and O–H groups in total. The van der Waals surface area contributed by atoms with E-state index in [1.807, 2.05) is 24.3 Å². The SMILES string of the molecule is C=NNc1ccc(OC)cc1. The molecular formula is C8H10N2O. The van der Waals surface area contributed by atoms with Gasteiger partial charge in [0.2, 0.25) is 0 Å². The average molecular weight is 150 g/mol. The molecule has 0 fully saturated rings. The first kappa shape index (κ1) is 7.60. The van der Waals surface area contributed by atoms with E-state index >= 15 is 0 Å². The lowest BCUT2D eigenvalue weighted by molar-refractivity contribution is 0.415. The van der Waals surface area contributed by atoms with Crippen LogP contribution in [0.15, 0.2) is 29.4 Å². The molecule has 0 bridgehead atoms. The average Bonchev–Trinajstić information content (AvgIpc) is 2.07. The van der Waals surface area contributed by atoms with Gasteiger partial charge in [0.05, 0.1) is 12.8 Å². The number of benzene rings is 1. The standard InChI is InChI=1S/C8H10N2O/c1-9-10-7-3-5-8(11-2)6-4-7/h3-6,10H,1H2,2H3. The highest BCUT2D eigenvalue weighted by atomic mass is 16.5. The fourth-order valence-corrected chi connectivity index (χ4v) is 0.757. The highest BCUT2D eigenvalue weighted by Crippen LogP contribution is 2.14. The topological polar surface area (TPSA) is 33.6 Å². The smallest absolute Gasteiger partial charge is 0.119 e. The Kier molecular flexibility index (Phi) is 2.49. The van der Waals surface area contributed by atoms with Crippen LogP contribution in [0.1, 0.15) is 0 Å². The lowest BCUT2D eigenvalue weighted by Crippen LogP contribution is -1.86. The van der Waals surface area contributed by atoms with Crippen LogP contribution in [0.5, 0.6) is 5.75 Å². The zero-order valence-corrected chi connectivity index (χ0v) is 6.37. The molecule has 0 unspecified atom stereocenters. The van der Waals surface area contributed by atoms with Crippen LogP contribution in [0.4, 0.5) is 5.69 Å². The normalized spacial score (nSPS) is 8.82. The highest BCUT2D eigenvalue weighted by molar-refractivity contribution is 5.47. The summed E-state index contributed by atoms with van der Waals surface area (Å²) < 4.78 is 4.97. The molecule has 0 radical (unpaired) electrons. The third-order valence-corrected chi connectivity index (χ3v) is 1.30. The van der Waals surface area contributed by atoms with Gasteiger partial charge in [-0.25, -0.2) is 0 Å². The molecule has 0 amide bonds. The van der Waals surface area contributed by atoms with E-state index < -0.39 is 0 Å². The molecule has 1 rings (SSSR count). The predicted octanol–water partition coefficient (Wildman–Crippen LogP) is 1.72. The minimum absolute atomic E-state index is 0.833. The van der Waals surface area contributed by atoms with Crippen molar-refractivity contribution in [3.63, 3.8) is 0 Å². The van der Waals surface area contributed by atoms with Crippen molar-refractivity contribution >= 4 is 12.4 Å². The third-order valence-electron chi connectivity index (χ3n) is 1.30. The molecule has 1 aromatic rings. The molecule has 0 saturated carbocycles. The van der Waals surface area contributed by atoms with E-state index in [9.17, 15) is 0 Å². The Balaban J connectivity index is 2.74. The summed E-state index contributed by atoms with van der Waals surface area (Å²) in [5, 5.41) is 3.52. The van der Waals surface area contributed by atoms with Crippen LogP contribution in [0.3, 0.4) is 0 Å². The molecule has 0 aliphatic heterocycles. The molecule has 0 aliphatic carbocycles. The number of nitrogens with one attached hydrogen (secondary N) is 1. The summed E-state index contributed by atoms with van der Waals surface area (Å²) in [6.07, 6.45) is 0. The van der Waals surface area contributed by atoms with Crippen molar-refractivity contribution in [2.75, 3.05) is 12.5 Å². The van der Waals surface area contributed by atoms with Gasteiger partial charge in [0, 0.05) is 6.72 Å². The molecule has 0 aliphatic rings. The first-order valence-corrected chi connectivity index (χ1v) is 3.22. The number of hydrazone groups is 1. The first-order valence-electron chi connectivity index (χ1n) is 3.22. The molecule has 3 nitrogen and oxygen atoms in total. The molecule has 58 valence electrons. The van der Waals surface area contributed by atoms with Crippen LogP contribution in [-0.4, -0.2) is 13.8 Å². The van der Waals surface area contributed by atoms with Gasteiger partial charge in [0.25, 0.3) is 0 Å². The Morgan fingerprint density at radius 2 is 2.00 bits per heavy atom. The van der Waals surface area contributed by atoms with Crippen molar-refractivity contribution in [3.8, 4) is 5.75 Å². The van der Waals surface area contributed by atoms with Gasteiger partial charge in [0.1, 0.15) is 5.75 Å². The van der Waals surface area contributed by atoms with Crippen molar-refractivity contribution in [3.05, 3.63) is 24.3 Å². The summed E-state index contributed by atoms with van der Waals surface area (Å²) in [5.74, 6) is 0.833. The number of hydrogen-bond donors (Lipinski definition) is 1. The number of ether oxygens (including phenoxy) is 1. The molecule has 11 heavy (non-hydrogen) atoms. The van der Waals surface area contributed by atoms with Gasteiger partial charge >= 0.3 is 0 Å². The second-order valence-electron chi connectivity index (χ2n) is 2.00. The number of hydrogen-bond acceptors (Lipinski definition) is 3. The molecule has 0 saturated heterocycles. The Bertz CT molecular complexity index is 230. The van der Waals surface area contributed by atoms with Gasteiger partial charge in [-0.15, -0.1) is 0 Å². The molecule has 0 heterocycles. The van der Waals surface area contributed by atoms with E-state index in [0.717, 1.165) is 11.4 Å². The molecule has 0 atom stereocenters. The van der Waals surface area contributed by atoms with Gasteiger partial charge in [0.15, 0.2) is 0 Å². The summed E-state index contributed by atoms with van der Waals surface area (Å²) >= 11 is 0. The van der Waals surface area contributed by atoms with E-state index in [-0.39, 0.29) is 0 Å². The quantitative estimate of drug-likeness (QED) is 0.525. The summed E-state index contributed by atoms with van der Waals surface area (Å²) in [7, 11) is 1.63. The second-order valence-corrected chi connectivity index (χ2v) is 2.00. The van der Waals surface area contributed by atoms with Gasteiger partial charge in [-0.3, -0.25) is 5.43 Å². The second kappa shape index (κ2) is 3.61. The highest BCUT2D eigenvalue weighted by Gasteiger charge is 1.89. The van der Waals surface area contributed by atoms with Gasteiger partial charge in [-0.2, -0.15) is 5.10 Å². The number of anilines is 1. The monoisotopic (exact) mass is 150 g/mol. The maximum absolute atomic E-state index is 4.97. The van der Waals surface area contributed by atoms with Crippen LogP contribution < -0.4 is 10.2 Å². The van der Waals surface area contributed by atoms with Crippen molar-refractivity contribution in [2.24, 2.45) is 5.10 Å². The maximum Gasteiger partial charge on any atom is 0.119 e. The summed E-state index contributed by atoms with van der Waals surface area (Å²) in [5.41, 5.74) is 3.62. The molecule has 0 spiro atoms. The van der Waals surface area contributed by atoms with Crippen molar-refractivity contribution in [2.45, 2.75) is 0 Å². The fraction of sp³-hybridized carbons (Fsp3) is 0.125. The van der Waals surface area contributed by atoms with E-state index in [1.54, 1.807) is 7.11 Å². The number of rotatable bonds is 3. The zero-order chi connectivity index (χ0) is 8.10. The predicted molar refractivity (Wildman–Crippen MR) is 46.2 cm³/mol. The largest absolute Gasteiger partial charge is 0.497 e. The Labute approximate surface area is 65.7 Å². The third kappa shape index (κ3) is 1.97. The summed E-state index contributed by atoms with van der Waals surface area (Å²) in [4.78, 5) is 0. The lowest BCUT2D eigenvalue weighted by atomic mass is 10.3. The minimum Gasteiger partial charge on any atom is -0.497 e. The molecule has 3 heteroatoms. The van der Waals surface area contributed by atoms with Crippen LogP contribution in [0.25, 0.3) is 0 Å². The van der Waals surface area contributed by atoms with Crippen molar-refractivity contribution < 1.29 is 4.74 Å². The van der Waals surface area contributed by atoms with E-state index in [0.29, 0.717) is 0 Å². The Morgan fingerprint density at radius 3 is 2.45 bits per heavy atom. The van der Waals surface area contributed by atoms with Crippen LogP contribution in [-0.2, 0) is 0 Å². The maximum atomic E-state index is 4.97. The Hall–Kier alpha value is -1.51. The van der Waals surface area contributed by atoms with Crippen molar-refractivity contribution in [1.82, 2.24) is 0 Å². The van der Waals surface area contributed by atoms with E-state index in [2.05, 4.69) is 17.2 Å². The number of nitrogens with zero attached hydrogens (tertiary/aromatic N) is 1. The summed E-state index contributed by atoms with van der Waals surface area (Å²) in [6, 6.07) is 7.45. The molecule has 1 aromatic carbocycles. The lowest BCUT2D eigenvalue weighted by Gasteiger charge is -2.00. The van der Waals surface area contributed by atoms with Crippen LogP contribution in [0.2, 0.25) is 0 Å². The van der Waals surface area contributed by atoms with Gasteiger partial charge in [-0.1, -0.05) is 0 Å². The van der Waals surface area contributed by atoms with E-state index in [1.165, 1.54) is 0 Å². The van der Waals surface area contributed by atoms with Crippen LogP contribution >= 0.6 is 0 Å². The Morgan fingerprint density at radius 1 is 1.36 bits per heavy atom. The summed E-state index contributed by atoms with van der Waals surface area (Å²) in [6.45, 7) is 3.31. The van der Waals surface area contributed by atoms with Gasteiger partial charge < -0.3 is 4.74 Å². The van der Waals surface area contributed by atoms with Crippen molar-refractivity contribution in [1.29, 1.82) is 0 Å².